The molecule has 0 aliphatic carbocycles. The summed E-state index contributed by atoms with van der Waals surface area (Å²) in [6.07, 6.45) is 10.4. The zero-order chi connectivity index (χ0) is 42.2. The lowest BCUT2D eigenvalue weighted by atomic mass is 9.91. The maximum Gasteiger partial charge on any atom is 0.255 e. The fourth-order valence-electron chi connectivity index (χ4n) is 10.5. The normalized spacial score (nSPS) is 21.2. The molecule has 1 unspecified atom stereocenters. The highest BCUT2D eigenvalue weighted by atomic mass is 16.5. The van der Waals surface area contributed by atoms with Gasteiger partial charge in [0.1, 0.15) is 35.4 Å². The van der Waals surface area contributed by atoms with Gasteiger partial charge in [-0.1, -0.05) is 18.2 Å². The number of imide groups is 1. The van der Waals surface area contributed by atoms with Gasteiger partial charge in [-0.3, -0.25) is 19.7 Å². The summed E-state index contributed by atoms with van der Waals surface area (Å²) in [4.78, 5) is 55.7. The van der Waals surface area contributed by atoms with Crippen molar-refractivity contribution < 1.29 is 19.1 Å². The minimum atomic E-state index is -0.581. The van der Waals surface area contributed by atoms with E-state index in [4.69, 9.17) is 15.6 Å². The Bertz CT molecular complexity index is 2420. The molecular weight excluding hydrogens is 781 g/mol. The number of anilines is 2. The molecule has 5 aromatic rings. The maximum atomic E-state index is 13.2. The Morgan fingerprint density at radius 2 is 1.48 bits per heavy atom. The van der Waals surface area contributed by atoms with Crippen LogP contribution in [-0.4, -0.2) is 111 Å². The number of carbonyl (C=O) groups is 3. The average Bonchev–Trinajstić information content (AvgIpc) is 3.85. The molecule has 322 valence electrons. The molecule has 10 rings (SSSR count). The van der Waals surface area contributed by atoms with Crippen molar-refractivity contribution in [3.05, 3.63) is 90.3 Å². The second kappa shape index (κ2) is 17.5. The number of para-hydroxylation sites is 1. The van der Waals surface area contributed by atoms with E-state index in [2.05, 4.69) is 46.8 Å². The lowest BCUT2D eigenvalue weighted by Gasteiger charge is -2.38. The number of likely N-dealkylation sites (tertiary alicyclic amines) is 2. The summed E-state index contributed by atoms with van der Waals surface area (Å²) in [5.41, 5.74) is 11.8. The summed E-state index contributed by atoms with van der Waals surface area (Å²) >= 11 is 0. The molecular formula is C48H56N10O4. The first kappa shape index (κ1) is 40.2. The number of hydrogen-bond donors (Lipinski definition) is 2. The van der Waals surface area contributed by atoms with Crippen LogP contribution in [0.15, 0.2) is 79.1 Å². The van der Waals surface area contributed by atoms with Gasteiger partial charge in [0.05, 0.1) is 11.4 Å². The van der Waals surface area contributed by atoms with Crippen molar-refractivity contribution in [3.63, 3.8) is 0 Å². The Hall–Kier alpha value is -5.86. The largest absolute Gasteiger partial charge is 0.457 e. The number of hydrogen-bond acceptors (Lipinski definition) is 11. The van der Waals surface area contributed by atoms with Gasteiger partial charge in [-0.05, 0) is 143 Å². The number of benzene rings is 3. The standard InChI is InChI=1S/C48H56N10O4/c49-45-43-44(34-6-9-39(10-7-34)62-38-4-2-1-3-5-38)53-58(46(43)51-31-50-45)36-19-24-55(25-20-36)29-33-15-22-54(23-16-33)21-14-32-17-26-56(27-18-32)37-8-11-40-35(28-37)30-57(48(40)61)41-12-13-42(59)52-47(41)60/h1-11,28,31-33,36,41H,12-27,29-30H2,(H2,49,50,51)(H,52,59,60). The van der Waals surface area contributed by atoms with Gasteiger partial charge in [0, 0.05) is 62.5 Å². The number of aromatic nitrogens is 4. The van der Waals surface area contributed by atoms with Gasteiger partial charge in [-0.2, -0.15) is 5.10 Å². The number of amides is 3. The number of nitrogens with one attached hydrogen (secondary N) is 1. The van der Waals surface area contributed by atoms with Crippen LogP contribution < -0.4 is 20.7 Å². The molecule has 4 saturated heterocycles. The van der Waals surface area contributed by atoms with E-state index in [1.54, 1.807) is 11.2 Å². The molecule has 14 heteroatoms. The lowest BCUT2D eigenvalue weighted by molar-refractivity contribution is -0.136. The minimum absolute atomic E-state index is 0.115. The Balaban J connectivity index is 0.662. The van der Waals surface area contributed by atoms with E-state index in [0.717, 1.165) is 95.9 Å². The summed E-state index contributed by atoms with van der Waals surface area (Å²) in [6, 6.07) is 23.6. The van der Waals surface area contributed by atoms with Gasteiger partial charge >= 0.3 is 0 Å². The molecule has 3 aromatic carbocycles. The number of piperidine rings is 4. The van der Waals surface area contributed by atoms with E-state index in [1.165, 1.54) is 58.3 Å². The summed E-state index contributed by atoms with van der Waals surface area (Å²) in [5.74, 6) is 2.73. The summed E-state index contributed by atoms with van der Waals surface area (Å²) in [7, 11) is 0. The van der Waals surface area contributed by atoms with Gasteiger partial charge in [0.2, 0.25) is 11.8 Å². The third-order valence-electron chi connectivity index (χ3n) is 14.1. The Morgan fingerprint density at radius 3 is 2.24 bits per heavy atom. The van der Waals surface area contributed by atoms with Gasteiger partial charge in [-0.25, -0.2) is 14.6 Å². The van der Waals surface area contributed by atoms with Crippen molar-refractivity contribution in [2.75, 3.05) is 63.0 Å². The van der Waals surface area contributed by atoms with Crippen LogP contribution in [0.3, 0.4) is 0 Å². The van der Waals surface area contributed by atoms with E-state index in [9.17, 15) is 14.4 Å². The predicted molar refractivity (Wildman–Crippen MR) is 238 cm³/mol. The molecule has 3 N–H and O–H groups in total. The van der Waals surface area contributed by atoms with Crippen molar-refractivity contribution in [3.8, 4) is 22.8 Å². The fourth-order valence-corrected chi connectivity index (χ4v) is 10.5. The molecule has 62 heavy (non-hydrogen) atoms. The third kappa shape index (κ3) is 8.37. The molecule has 0 saturated carbocycles. The topological polar surface area (TPSA) is 155 Å². The van der Waals surface area contributed by atoms with Crippen LogP contribution in [0, 0.1) is 11.8 Å². The Kier molecular flexibility index (Phi) is 11.3. The summed E-state index contributed by atoms with van der Waals surface area (Å²) in [6.45, 7) is 9.28. The van der Waals surface area contributed by atoms with Gasteiger partial charge in [0.25, 0.3) is 5.91 Å². The highest BCUT2D eigenvalue weighted by molar-refractivity contribution is 6.05. The zero-order valence-corrected chi connectivity index (χ0v) is 35.3. The SMILES string of the molecule is Nc1ncnc2c1c(-c1ccc(Oc3ccccc3)cc1)nn2C1CCN(CC2CCN(CCC3CCN(c4ccc5c(c4)CN(C4CCC(=O)NC4=O)C5=O)CC3)CC2)CC1. The first-order valence-electron chi connectivity index (χ1n) is 22.6. The van der Waals surface area contributed by atoms with Crippen LogP contribution in [0.25, 0.3) is 22.3 Å². The molecule has 4 fully saturated rings. The zero-order valence-electron chi connectivity index (χ0n) is 35.3. The monoisotopic (exact) mass is 836 g/mol. The number of ether oxygens (including phenoxy) is 1. The number of nitrogens with zero attached hydrogens (tertiary/aromatic N) is 8. The average molecular weight is 837 g/mol. The highest BCUT2D eigenvalue weighted by Gasteiger charge is 2.39. The lowest BCUT2D eigenvalue weighted by Crippen LogP contribution is -2.52. The molecule has 0 bridgehead atoms. The van der Waals surface area contributed by atoms with E-state index in [1.807, 2.05) is 60.7 Å². The Morgan fingerprint density at radius 1 is 0.758 bits per heavy atom. The van der Waals surface area contributed by atoms with Crippen LogP contribution in [-0.2, 0) is 16.1 Å². The Labute approximate surface area is 362 Å². The number of nitrogens with two attached hydrogens (primary N) is 1. The van der Waals surface area contributed by atoms with Crippen molar-refractivity contribution in [2.45, 2.75) is 76.4 Å². The van der Waals surface area contributed by atoms with Crippen LogP contribution in [0.5, 0.6) is 11.5 Å². The van der Waals surface area contributed by atoms with Crippen molar-refractivity contribution in [1.82, 2.24) is 39.8 Å². The molecule has 14 nitrogen and oxygen atoms in total. The number of carbonyl (C=O) groups excluding carboxylic acids is 3. The molecule has 3 amide bonds. The third-order valence-corrected chi connectivity index (χ3v) is 14.1. The van der Waals surface area contributed by atoms with Gasteiger partial charge in [-0.15, -0.1) is 0 Å². The number of nitrogen functional groups attached to an aromatic ring is 1. The summed E-state index contributed by atoms with van der Waals surface area (Å²) in [5, 5.41) is 8.35. The maximum absolute atomic E-state index is 13.2. The van der Waals surface area contributed by atoms with Crippen LogP contribution >= 0.6 is 0 Å². The summed E-state index contributed by atoms with van der Waals surface area (Å²) < 4.78 is 8.13. The number of rotatable bonds is 11. The minimum Gasteiger partial charge on any atom is -0.457 e. The predicted octanol–water partition coefficient (Wildman–Crippen LogP) is 6.28. The molecule has 2 aromatic heterocycles. The molecule has 1 atom stereocenters. The molecule has 7 heterocycles. The first-order valence-corrected chi connectivity index (χ1v) is 22.6. The molecule has 0 radical (unpaired) electrons. The molecule has 0 spiro atoms. The van der Waals surface area contributed by atoms with E-state index < -0.39 is 6.04 Å². The molecule has 5 aliphatic heterocycles. The number of fused-ring (bicyclic) bond motifs is 2. The van der Waals surface area contributed by atoms with Gasteiger partial charge < -0.3 is 30.1 Å². The van der Waals surface area contributed by atoms with E-state index in [0.29, 0.717) is 24.3 Å². The van der Waals surface area contributed by atoms with Crippen LogP contribution in [0.1, 0.15) is 79.8 Å². The smallest absolute Gasteiger partial charge is 0.255 e. The van der Waals surface area contributed by atoms with Gasteiger partial charge in [0.15, 0.2) is 5.65 Å². The van der Waals surface area contributed by atoms with Crippen molar-refractivity contribution >= 4 is 40.3 Å². The second-order valence-electron chi connectivity index (χ2n) is 18.0. The van der Waals surface area contributed by atoms with E-state index in [-0.39, 0.29) is 30.2 Å². The fraction of sp³-hybridized carbons (Fsp3) is 0.458. The van der Waals surface area contributed by atoms with Crippen LogP contribution in [0.4, 0.5) is 11.5 Å². The quantitative estimate of drug-likeness (QED) is 0.145. The van der Waals surface area contributed by atoms with E-state index >= 15 is 0 Å². The van der Waals surface area contributed by atoms with Crippen LogP contribution in [0.2, 0.25) is 0 Å². The first-order chi connectivity index (χ1) is 30.3. The van der Waals surface area contributed by atoms with Crippen molar-refractivity contribution in [1.29, 1.82) is 0 Å². The second-order valence-corrected chi connectivity index (χ2v) is 18.0. The highest BCUT2D eigenvalue weighted by Crippen LogP contribution is 2.37. The van der Waals surface area contributed by atoms with Crippen molar-refractivity contribution in [2.24, 2.45) is 11.8 Å². The molecule has 5 aliphatic rings.